The fourth-order valence-corrected chi connectivity index (χ4v) is 15.3. The number of fused-ring (bicyclic) bond motifs is 11. The normalized spacial score (nSPS) is 35.9. The van der Waals surface area contributed by atoms with E-state index in [0.717, 1.165) is 115 Å². The second kappa shape index (κ2) is 25.0. The van der Waals surface area contributed by atoms with Gasteiger partial charge in [0, 0.05) is 35.4 Å². The molecule has 4 heterocycles. The van der Waals surface area contributed by atoms with Crippen molar-refractivity contribution in [3.8, 4) is 11.5 Å². The highest BCUT2D eigenvalue weighted by atomic mass is 16.6. The summed E-state index contributed by atoms with van der Waals surface area (Å²) < 4.78 is 32.9. The second-order valence-electron chi connectivity index (χ2n) is 26.1. The number of epoxide rings is 2. The minimum absolute atomic E-state index is 0.0840. The standard InChI is InChI=1S/C18H18O2.C18H20O2.C14H17NO2.C11H16O2.C10H14O/c1-12-2-4-14-6-7-17(10-18(14)20-12)19-11-16-9-13-3-5-15(16)8-13;1-13-2-4-14(5-3-13)7-9-18(19)20-12-17-11-15-6-8-16(17)10-15;1-8-9(2)14(17)15(13(8)16)7-12-6-10-3-4-11(12)5-10;1-2-9-3-8(1)4-10(9)5-12-6-11-7-13-11;1-2-8-3-7(1)4-9(8)5-10-6-11-10/h2-7,10,13,15-16H,1,8-9,11H2;2-9,15-17H,10-12H2,1H3;3-4,10-12H,5-7H2,1-2H3;1-2,8-11H,3-7H2;1-2,7-10H,3-6H2/b;9-7+;;;. The van der Waals surface area contributed by atoms with Crippen LogP contribution in [0.3, 0.4) is 0 Å². The number of ether oxygens (including phenoxy) is 6. The first-order valence-electron chi connectivity index (χ1n) is 30.9. The summed E-state index contributed by atoms with van der Waals surface area (Å²) in [5.74, 6) is 13.2. The van der Waals surface area contributed by atoms with Gasteiger partial charge in [-0.15, -0.1) is 0 Å². The van der Waals surface area contributed by atoms with Crippen LogP contribution in [-0.4, -0.2) is 81.1 Å². The predicted molar refractivity (Wildman–Crippen MR) is 316 cm³/mol. The summed E-state index contributed by atoms with van der Waals surface area (Å²) in [6.45, 7) is 15.1. The number of allylic oxidation sites excluding steroid dienone is 11. The van der Waals surface area contributed by atoms with Crippen LogP contribution in [0.2, 0.25) is 0 Å². The van der Waals surface area contributed by atoms with Crippen LogP contribution in [0.25, 0.3) is 12.2 Å². The molecule has 10 bridgehead atoms. The first kappa shape index (κ1) is 55.7. The monoisotopic (exact) mass is 1100 g/mol. The fraction of sp³-hybridized carbons (Fsp3) is 0.535. The number of carbonyl (C=O) groups is 3. The molecule has 7 fully saturated rings. The Morgan fingerprint density at radius 3 is 1.59 bits per heavy atom. The van der Waals surface area contributed by atoms with Crippen molar-refractivity contribution in [3.05, 3.63) is 156 Å². The van der Waals surface area contributed by atoms with Crippen molar-refractivity contribution in [2.24, 2.45) is 88.8 Å². The van der Waals surface area contributed by atoms with Crippen molar-refractivity contribution >= 4 is 29.9 Å². The lowest BCUT2D eigenvalue weighted by atomic mass is 9.89. The van der Waals surface area contributed by atoms with E-state index < -0.39 is 0 Å². The van der Waals surface area contributed by atoms with E-state index >= 15 is 0 Å². The molecule has 0 N–H and O–H groups in total. The first-order valence-corrected chi connectivity index (χ1v) is 30.9. The molecule has 2 saturated heterocycles. The third kappa shape index (κ3) is 14.0. The van der Waals surface area contributed by atoms with Gasteiger partial charge in [-0.2, -0.15) is 0 Å². The van der Waals surface area contributed by atoms with Gasteiger partial charge >= 0.3 is 5.97 Å². The molecule has 2 aromatic carbocycles. The van der Waals surface area contributed by atoms with E-state index in [-0.39, 0.29) is 17.8 Å². The smallest absolute Gasteiger partial charge is 0.330 e. The van der Waals surface area contributed by atoms with Gasteiger partial charge in [0.2, 0.25) is 0 Å². The summed E-state index contributed by atoms with van der Waals surface area (Å²) in [6, 6.07) is 14.1. The van der Waals surface area contributed by atoms with Crippen molar-refractivity contribution in [2.75, 3.05) is 46.2 Å². The summed E-state index contributed by atoms with van der Waals surface area (Å²) in [5, 5.41) is 0. The SMILES string of the molecule is C1=CC2CC1CC2CC1CO1.C1=CC2CC1CC2COCC1CO1.C=C1C=Cc2ccc(OCC3CC4C=CC3C4)cc2O1.CC1=C(C)C(=O)N(CC2CC3C=CC2C3)C1=O.Cc1ccc(/C=C/C(=O)OCC2CC3C=CC2C3)cc1. The Kier molecular flexibility index (Phi) is 17.2. The Morgan fingerprint density at radius 2 is 1.09 bits per heavy atom. The lowest BCUT2D eigenvalue weighted by molar-refractivity contribution is -0.140. The van der Waals surface area contributed by atoms with Crippen molar-refractivity contribution in [3.63, 3.8) is 0 Å². The quantitative estimate of drug-likeness (QED) is 0.0565. The zero-order chi connectivity index (χ0) is 55.6. The van der Waals surface area contributed by atoms with Crippen molar-refractivity contribution in [2.45, 2.75) is 104 Å². The number of imide groups is 1. The van der Waals surface area contributed by atoms with Gasteiger partial charge in [0.25, 0.3) is 11.8 Å². The lowest BCUT2D eigenvalue weighted by Crippen LogP contribution is -2.37. The minimum Gasteiger partial charge on any atom is -0.493 e. The third-order valence-electron chi connectivity index (χ3n) is 20.3. The Bertz CT molecular complexity index is 2870. The van der Waals surface area contributed by atoms with Crippen molar-refractivity contribution < 1.29 is 42.8 Å². The molecule has 5 saturated carbocycles. The number of benzene rings is 2. The van der Waals surface area contributed by atoms with E-state index in [1.54, 1.807) is 13.8 Å². The van der Waals surface area contributed by atoms with E-state index in [0.29, 0.717) is 77.8 Å². The molecule has 10 nitrogen and oxygen atoms in total. The van der Waals surface area contributed by atoms with Crippen molar-refractivity contribution in [1.82, 2.24) is 4.90 Å². The molecule has 0 aromatic heterocycles. The molecule has 2 amide bonds. The van der Waals surface area contributed by atoms with E-state index in [2.05, 4.69) is 67.3 Å². The molecule has 17 unspecified atom stereocenters. The van der Waals surface area contributed by atoms with Gasteiger partial charge in [0.15, 0.2) is 0 Å². The average molecular weight is 1100 g/mol. The number of aryl methyl sites for hydroxylation is 1. The number of hydrogen-bond donors (Lipinski definition) is 0. The van der Waals surface area contributed by atoms with Crippen LogP contribution < -0.4 is 9.47 Å². The Morgan fingerprint density at radius 1 is 0.580 bits per heavy atom. The fourth-order valence-electron chi connectivity index (χ4n) is 15.3. The third-order valence-corrected chi connectivity index (χ3v) is 20.3. The van der Waals surface area contributed by atoms with Gasteiger partial charge in [-0.25, -0.2) is 4.79 Å². The lowest BCUT2D eigenvalue weighted by Gasteiger charge is -2.24. The number of amides is 2. The van der Waals surface area contributed by atoms with Crippen LogP contribution in [0.15, 0.2) is 139 Å². The summed E-state index contributed by atoms with van der Waals surface area (Å²) >= 11 is 0. The number of hydrogen-bond acceptors (Lipinski definition) is 9. The van der Waals surface area contributed by atoms with Gasteiger partial charge in [-0.3, -0.25) is 14.5 Å². The van der Waals surface area contributed by atoms with Gasteiger partial charge in [0.1, 0.15) is 23.4 Å². The molecule has 4 aliphatic heterocycles. The van der Waals surface area contributed by atoms with Crippen LogP contribution >= 0.6 is 0 Å². The van der Waals surface area contributed by atoms with Gasteiger partial charge in [0.05, 0.1) is 45.7 Å². The molecule has 16 rings (SSSR count). The van der Waals surface area contributed by atoms with Gasteiger partial charge in [-0.05, 0) is 216 Å². The number of nitrogens with zero attached hydrogens (tertiary/aromatic N) is 1. The maximum atomic E-state index is 11.9. The molecule has 10 heteroatoms. The summed E-state index contributed by atoms with van der Waals surface area (Å²) in [5.41, 5.74) is 4.56. The van der Waals surface area contributed by atoms with E-state index in [4.69, 9.17) is 28.4 Å². The Labute approximate surface area is 481 Å². The topological polar surface area (TPSA) is 116 Å². The molecule has 2 aromatic rings. The zero-order valence-corrected chi connectivity index (χ0v) is 48.0. The molecule has 0 radical (unpaired) electrons. The highest BCUT2D eigenvalue weighted by Crippen LogP contribution is 2.48. The molecule has 0 spiro atoms. The van der Waals surface area contributed by atoms with Gasteiger partial charge in [-0.1, -0.05) is 97.2 Å². The maximum Gasteiger partial charge on any atom is 0.330 e. The molecule has 81 heavy (non-hydrogen) atoms. The largest absolute Gasteiger partial charge is 0.493 e. The summed E-state index contributed by atoms with van der Waals surface area (Å²) in [4.78, 5) is 37.1. The number of rotatable bonds is 15. The van der Waals surface area contributed by atoms with Crippen molar-refractivity contribution in [1.29, 1.82) is 0 Å². The van der Waals surface area contributed by atoms with Crippen LogP contribution in [0.4, 0.5) is 0 Å². The molecular formula is C71H85NO9. The second-order valence-corrected chi connectivity index (χ2v) is 26.1. The van der Waals surface area contributed by atoms with E-state index in [1.165, 1.54) is 80.7 Å². The molecule has 17 atom stereocenters. The van der Waals surface area contributed by atoms with Gasteiger partial charge < -0.3 is 28.4 Å². The van der Waals surface area contributed by atoms with E-state index in [9.17, 15) is 14.4 Å². The first-order chi connectivity index (χ1) is 39.4. The molecule has 428 valence electrons. The highest BCUT2D eigenvalue weighted by Gasteiger charge is 2.43. The van der Waals surface area contributed by atoms with Crippen LogP contribution in [-0.2, 0) is 33.3 Å². The maximum absolute atomic E-state index is 11.9. The Hall–Kier alpha value is -5.81. The van der Waals surface area contributed by atoms with E-state index in [1.807, 2.05) is 67.6 Å². The average Bonchev–Trinajstić information content (AvgIpc) is 4.33. The van der Waals surface area contributed by atoms with Crippen LogP contribution in [0, 0.1) is 95.7 Å². The molecular weight excluding hydrogens is 1010 g/mol. The molecule has 14 aliphatic rings. The van der Waals surface area contributed by atoms with Crippen LogP contribution in [0.1, 0.15) is 101 Å². The Balaban J connectivity index is 0.000000102. The number of esters is 1. The van der Waals surface area contributed by atoms with Crippen LogP contribution in [0.5, 0.6) is 11.5 Å². The summed E-state index contributed by atoms with van der Waals surface area (Å²) in [7, 11) is 0. The predicted octanol–water partition coefficient (Wildman–Crippen LogP) is 13.5. The number of carbonyl (C=O) groups excluding carboxylic acids is 3. The summed E-state index contributed by atoms with van der Waals surface area (Å²) in [6.07, 6.45) is 46.1. The minimum atomic E-state index is -0.239. The zero-order valence-electron chi connectivity index (χ0n) is 48.0. The highest BCUT2D eigenvalue weighted by molar-refractivity contribution is 6.18. The molecule has 10 aliphatic carbocycles.